The number of Topliss-reactive ketones (excluding diaryl/α,β-unsaturated/α-hetero) is 1. The first-order valence-corrected chi connectivity index (χ1v) is 5.18. The largest absolute Gasteiger partial charge is 0.292 e. The highest BCUT2D eigenvalue weighted by Crippen LogP contribution is 2.11. The van der Waals surface area contributed by atoms with Gasteiger partial charge in [0, 0.05) is 10.0 Å². The minimum absolute atomic E-state index is 0.00120. The lowest BCUT2D eigenvalue weighted by molar-refractivity contribution is 0.0962. The Bertz CT molecular complexity index is 450. The number of hydrogen-bond donors (Lipinski definition) is 0. The van der Waals surface area contributed by atoms with Crippen LogP contribution < -0.4 is 0 Å². The molecule has 0 aliphatic carbocycles. The van der Waals surface area contributed by atoms with Crippen LogP contribution in [0.4, 0.5) is 0 Å². The lowest BCUT2D eigenvalue weighted by atomic mass is 10.1. The van der Waals surface area contributed by atoms with E-state index in [9.17, 15) is 4.79 Å². The number of ketones is 1. The quantitative estimate of drug-likeness (QED) is 0.797. The van der Waals surface area contributed by atoms with Crippen molar-refractivity contribution in [2.24, 2.45) is 0 Å². The maximum absolute atomic E-state index is 11.7. The normalized spacial score (nSPS) is 10.2. The highest BCUT2D eigenvalue weighted by molar-refractivity contribution is 9.10. The van der Waals surface area contributed by atoms with Crippen molar-refractivity contribution in [1.82, 2.24) is 15.0 Å². The molecule has 0 spiro atoms. The summed E-state index contributed by atoms with van der Waals surface area (Å²) in [5.41, 5.74) is 0.663. The van der Waals surface area contributed by atoms with Crippen LogP contribution in [0.5, 0.6) is 0 Å². The molecule has 76 valence electrons. The Kier molecular flexibility index (Phi) is 2.91. The van der Waals surface area contributed by atoms with Crippen LogP contribution in [-0.2, 0) is 6.54 Å². The molecule has 0 fully saturated rings. The average Bonchev–Trinajstić information content (AvgIpc) is 2.71. The van der Waals surface area contributed by atoms with E-state index in [2.05, 4.69) is 26.1 Å². The second kappa shape index (κ2) is 4.35. The first-order valence-electron chi connectivity index (χ1n) is 4.38. The van der Waals surface area contributed by atoms with E-state index in [0.717, 1.165) is 4.47 Å². The molecule has 5 heteroatoms. The first kappa shape index (κ1) is 10.0. The molecule has 0 aliphatic heterocycles. The SMILES string of the molecule is O=C(Cn1nccn1)c1ccc(Br)cc1. The molecule has 0 saturated heterocycles. The van der Waals surface area contributed by atoms with Gasteiger partial charge < -0.3 is 0 Å². The zero-order valence-electron chi connectivity index (χ0n) is 7.80. The molecule has 15 heavy (non-hydrogen) atoms. The summed E-state index contributed by atoms with van der Waals surface area (Å²) in [6, 6.07) is 7.22. The van der Waals surface area contributed by atoms with Gasteiger partial charge in [0.2, 0.25) is 0 Å². The Labute approximate surface area is 95.0 Å². The smallest absolute Gasteiger partial charge is 0.186 e. The third kappa shape index (κ3) is 2.50. The summed E-state index contributed by atoms with van der Waals surface area (Å²) in [5, 5.41) is 7.75. The first-order chi connectivity index (χ1) is 7.25. The van der Waals surface area contributed by atoms with E-state index in [4.69, 9.17) is 0 Å². The average molecular weight is 266 g/mol. The van der Waals surface area contributed by atoms with E-state index in [0.29, 0.717) is 5.56 Å². The molecule has 2 aromatic rings. The van der Waals surface area contributed by atoms with E-state index in [1.165, 1.54) is 4.80 Å². The molecule has 0 unspecified atom stereocenters. The van der Waals surface area contributed by atoms with Gasteiger partial charge in [-0.3, -0.25) is 4.79 Å². The molecule has 1 aromatic carbocycles. The summed E-state index contributed by atoms with van der Waals surface area (Å²) in [4.78, 5) is 13.1. The van der Waals surface area contributed by atoms with Crippen molar-refractivity contribution in [1.29, 1.82) is 0 Å². The minimum atomic E-state index is -0.00120. The van der Waals surface area contributed by atoms with Crippen LogP contribution in [0.1, 0.15) is 10.4 Å². The lowest BCUT2D eigenvalue weighted by Gasteiger charge is -2.00. The van der Waals surface area contributed by atoms with Gasteiger partial charge in [0.25, 0.3) is 0 Å². The molecule has 0 aliphatic rings. The highest BCUT2D eigenvalue weighted by Gasteiger charge is 2.06. The van der Waals surface area contributed by atoms with Gasteiger partial charge in [-0.25, -0.2) is 0 Å². The van der Waals surface area contributed by atoms with Crippen molar-refractivity contribution >= 4 is 21.7 Å². The predicted molar refractivity (Wildman–Crippen MR) is 58.5 cm³/mol. The standard InChI is InChI=1S/C10H8BrN3O/c11-9-3-1-8(2-4-9)10(15)7-14-12-5-6-13-14/h1-6H,7H2. The maximum atomic E-state index is 11.7. The van der Waals surface area contributed by atoms with E-state index in [1.807, 2.05) is 12.1 Å². The molecule has 0 amide bonds. The molecule has 2 rings (SSSR count). The molecule has 1 aromatic heterocycles. The fourth-order valence-corrected chi connectivity index (χ4v) is 1.44. The summed E-state index contributed by atoms with van der Waals surface area (Å²) >= 11 is 3.31. The number of carbonyl (C=O) groups excluding carboxylic acids is 1. The van der Waals surface area contributed by atoms with Crippen molar-refractivity contribution < 1.29 is 4.79 Å². The van der Waals surface area contributed by atoms with Crippen LogP contribution in [-0.4, -0.2) is 20.8 Å². The van der Waals surface area contributed by atoms with E-state index in [1.54, 1.807) is 24.5 Å². The molecule has 0 atom stereocenters. The zero-order chi connectivity index (χ0) is 10.7. The van der Waals surface area contributed by atoms with Crippen LogP contribution in [0.2, 0.25) is 0 Å². The molecule has 4 nitrogen and oxygen atoms in total. The van der Waals surface area contributed by atoms with Gasteiger partial charge in [0.1, 0.15) is 6.54 Å². The maximum Gasteiger partial charge on any atom is 0.186 e. The summed E-state index contributed by atoms with van der Waals surface area (Å²) < 4.78 is 0.955. The Balaban J connectivity index is 2.11. The lowest BCUT2D eigenvalue weighted by Crippen LogP contribution is -2.12. The Morgan fingerprint density at radius 2 is 1.80 bits per heavy atom. The Morgan fingerprint density at radius 3 is 2.40 bits per heavy atom. The van der Waals surface area contributed by atoms with Gasteiger partial charge >= 0.3 is 0 Å². The third-order valence-corrected chi connectivity index (χ3v) is 2.45. The Hall–Kier alpha value is -1.49. The van der Waals surface area contributed by atoms with Gasteiger partial charge in [-0.05, 0) is 12.1 Å². The fourth-order valence-electron chi connectivity index (χ4n) is 1.18. The van der Waals surface area contributed by atoms with Crippen LogP contribution >= 0.6 is 15.9 Å². The van der Waals surface area contributed by atoms with Gasteiger partial charge in [0.15, 0.2) is 5.78 Å². The highest BCUT2D eigenvalue weighted by atomic mass is 79.9. The van der Waals surface area contributed by atoms with Crippen molar-refractivity contribution in [2.75, 3.05) is 0 Å². The number of aromatic nitrogens is 3. The molecule has 0 bridgehead atoms. The predicted octanol–water partition coefficient (Wildman–Crippen LogP) is 1.92. The zero-order valence-corrected chi connectivity index (χ0v) is 9.39. The summed E-state index contributed by atoms with van der Waals surface area (Å²) in [7, 11) is 0. The monoisotopic (exact) mass is 265 g/mol. The van der Waals surface area contributed by atoms with E-state index < -0.39 is 0 Å². The number of carbonyl (C=O) groups is 1. The van der Waals surface area contributed by atoms with E-state index in [-0.39, 0.29) is 12.3 Å². The second-order valence-electron chi connectivity index (χ2n) is 2.99. The molecule has 0 N–H and O–H groups in total. The molecular formula is C10H8BrN3O. The fraction of sp³-hybridized carbons (Fsp3) is 0.100. The minimum Gasteiger partial charge on any atom is -0.292 e. The van der Waals surface area contributed by atoms with Crippen molar-refractivity contribution in [3.63, 3.8) is 0 Å². The number of hydrogen-bond acceptors (Lipinski definition) is 3. The number of nitrogens with zero attached hydrogens (tertiary/aromatic N) is 3. The van der Waals surface area contributed by atoms with Crippen molar-refractivity contribution in [3.8, 4) is 0 Å². The molecular weight excluding hydrogens is 258 g/mol. The van der Waals surface area contributed by atoms with E-state index >= 15 is 0 Å². The van der Waals surface area contributed by atoms with Crippen LogP contribution in [0.15, 0.2) is 41.1 Å². The summed E-state index contributed by atoms with van der Waals surface area (Å²) in [5.74, 6) is -0.00120. The van der Waals surface area contributed by atoms with Gasteiger partial charge in [0.05, 0.1) is 12.4 Å². The Morgan fingerprint density at radius 1 is 1.20 bits per heavy atom. The van der Waals surface area contributed by atoms with Crippen molar-refractivity contribution in [2.45, 2.75) is 6.54 Å². The summed E-state index contributed by atoms with van der Waals surface area (Å²) in [6.45, 7) is 0.175. The van der Waals surface area contributed by atoms with Crippen LogP contribution in [0.3, 0.4) is 0 Å². The number of benzene rings is 1. The molecule has 1 heterocycles. The molecule has 0 radical (unpaired) electrons. The number of halogens is 1. The van der Waals surface area contributed by atoms with Crippen LogP contribution in [0.25, 0.3) is 0 Å². The topological polar surface area (TPSA) is 47.8 Å². The number of rotatable bonds is 3. The summed E-state index contributed by atoms with van der Waals surface area (Å²) in [6.07, 6.45) is 3.10. The van der Waals surface area contributed by atoms with Gasteiger partial charge in [-0.2, -0.15) is 15.0 Å². The second-order valence-corrected chi connectivity index (χ2v) is 3.91. The third-order valence-electron chi connectivity index (χ3n) is 1.92. The van der Waals surface area contributed by atoms with Crippen molar-refractivity contribution in [3.05, 3.63) is 46.7 Å². The van der Waals surface area contributed by atoms with Gasteiger partial charge in [-0.15, -0.1) is 0 Å². The van der Waals surface area contributed by atoms with Gasteiger partial charge in [-0.1, -0.05) is 28.1 Å². The molecule has 0 saturated carbocycles. The van der Waals surface area contributed by atoms with Crippen LogP contribution in [0, 0.1) is 0 Å².